The molecule has 2 nitrogen and oxygen atoms in total. The Morgan fingerprint density at radius 1 is 0.375 bits per heavy atom. The van der Waals surface area contributed by atoms with Gasteiger partial charge in [-0.1, -0.05) is 84.9 Å². The van der Waals surface area contributed by atoms with Crippen LogP contribution < -0.4 is 10.6 Å². The molecule has 154 valence electrons. The number of hydrogen-bond donors (Lipinski definition) is 1. The van der Waals surface area contributed by atoms with Gasteiger partial charge in [0.15, 0.2) is 0 Å². The van der Waals surface area contributed by atoms with Gasteiger partial charge in [-0.05, 0) is 70.8 Å². The van der Waals surface area contributed by atoms with Gasteiger partial charge in [0.1, 0.15) is 0 Å². The molecule has 0 saturated heterocycles. The van der Waals surface area contributed by atoms with Crippen molar-refractivity contribution in [1.82, 2.24) is 0 Å². The number of para-hydroxylation sites is 2. The minimum Gasteiger partial charge on any atom is -0.399 e. The molecular weight excluding hydrogens is 388 g/mol. The van der Waals surface area contributed by atoms with Crippen LogP contribution in [-0.2, 0) is 0 Å². The van der Waals surface area contributed by atoms with E-state index in [0.717, 1.165) is 28.3 Å². The van der Waals surface area contributed by atoms with E-state index in [2.05, 4.69) is 114 Å². The Labute approximate surface area is 189 Å². The number of nitrogens with two attached hydrogens (primary N) is 1. The van der Waals surface area contributed by atoms with Crippen LogP contribution in [0.2, 0.25) is 0 Å². The Morgan fingerprint density at radius 2 is 0.750 bits per heavy atom. The average molecular weight is 413 g/mol. The van der Waals surface area contributed by atoms with Crippen LogP contribution in [0.1, 0.15) is 0 Å². The van der Waals surface area contributed by atoms with Gasteiger partial charge in [0.05, 0.1) is 0 Å². The van der Waals surface area contributed by atoms with Gasteiger partial charge in [-0.25, -0.2) is 0 Å². The molecule has 0 unspecified atom stereocenters. The van der Waals surface area contributed by atoms with E-state index >= 15 is 0 Å². The Bertz CT molecular complexity index is 1250. The summed E-state index contributed by atoms with van der Waals surface area (Å²) in [6.45, 7) is 0. The van der Waals surface area contributed by atoms with Crippen molar-refractivity contribution < 1.29 is 0 Å². The highest BCUT2D eigenvalue weighted by atomic mass is 15.1. The van der Waals surface area contributed by atoms with Crippen molar-refractivity contribution in [2.75, 3.05) is 10.6 Å². The summed E-state index contributed by atoms with van der Waals surface area (Å²) in [7, 11) is 0. The first-order valence-electron chi connectivity index (χ1n) is 10.8. The molecule has 5 rings (SSSR count). The Hall–Kier alpha value is -4.30. The van der Waals surface area contributed by atoms with Crippen LogP contribution in [0.4, 0.5) is 22.7 Å². The van der Waals surface area contributed by atoms with Crippen molar-refractivity contribution in [2.24, 2.45) is 0 Å². The average Bonchev–Trinajstić information content (AvgIpc) is 2.87. The van der Waals surface area contributed by atoms with E-state index in [1.54, 1.807) is 0 Å². The molecule has 0 amide bonds. The molecule has 2 N–H and O–H groups in total. The van der Waals surface area contributed by atoms with Gasteiger partial charge < -0.3 is 10.6 Å². The topological polar surface area (TPSA) is 29.3 Å². The lowest BCUT2D eigenvalue weighted by Crippen LogP contribution is -2.09. The lowest BCUT2D eigenvalue weighted by molar-refractivity contribution is 1.28. The third-order valence-corrected chi connectivity index (χ3v) is 5.61. The van der Waals surface area contributed by atoms with Gasteiger partial charge in [0.25, 0.3) is 0 Å². The maximum atomic E-state index is 5.89. The summed E-state index contributed by atoms with van der Waals surface area (Å²) < 4.78 is 0. The second-order valence-electron chi connectivity index (χ2n) is 7.72. The number of nitrogens with zero attached hydrogens (tertiary/aromatic N) is 1. The van der Waals surface area contributed by atoms with Crippen LogP contribution >= 0.6 is 0 Å². The van der Waals surface area contributed by atoms with Crippen LogP contribution in [0.5, 0.6) is 0 Å². The van der Waals surface area contributed by atoms with E-state index in [0.29, 0.717) is 0 Å². The smallest absolute Gasteiger partial charge is 0.0462 e. The van der Waals surface area contributed by atoms with E-state index in [9.17, 15) is 0 Å². The van der Waals surface area contributed by atoms with Crippen molar-refractivity contribution in [2.45, 2.75) is 0 Å². The standard InChI is InChI=1S/C30H24N2/c31-25-19-15-23(16-20-25)29-13-7-8-14-30(29)24-17-21-28(22-18-24)32(26-9-3-1-4-10-26)27-11-5-2-6-12-27/h1-22H,31H2. The molecule has 5 aromatic carbocycles. The first kappa shape index (κ1) is 19.7. The SMILES string of the molecule is Nc1ccc(-c2ccccc2-c2ccc(N(c3ccccc3)c3ccccc3)cc2)cc1. The molecule has 0 aliphatic rings. The van der Waals surface area contributed by atoms with Gasteiger partial charge >= 0.3 is 0 Å². The molecule has 0 spiro atoms. The monoisotopic (exact) mass is 412 g/mol. The number of nitrogen functional groups attached to an aromatic ring is 1. The largest absolute Gasteiger partial charge is 0.399 e. The summed E-state index contributed by atoms with van der Waals surface area (Å²) in [6, 6.07) is 46.3. The molecule has 0 fully saturated rings. The van der Waals surface area contributed by atoms with E-state index in [4.69, 9.17) is 5.73 Å². The minimum absolute atomic E-state index is 0.775. The van der Waals surface area contributed by atoms with Crippen LogP contribution in [-0.4, -0.2) is 0 Å². The van der Waals surface area contributed by atoms with E-state index in [-0.39, 0.29) is 0 Å². The molecule has 0 aliphatic heterocycles. The highest BCUT2D eigenvalue weighted by Crippen LogP contribution is 2.37. The zero-order valence-corrected chi connectivity index (χ0v) is 17.7. The molecule has 2 heteroatoms. The minimum atomic E-state index is 0.775. The molecule has 0 heterocycles. The Balaban J connectivity index is 1.55. The molecule has 0 saturated carbocycles. The normalized spacial score (nSPS) is 10.6. The molecule has 0 atom stereocenters. The zero-order valence-electron chi connectivity index (χ0n) is 17.7. The second-order valence-corrected chi connectivity index (χ2v) is 7.72. The van der Waals surface area contributed by atoms with Gasteiger partial charge in [0.2, 0.25) is 0 Å². The molecule has 0 bridgehead atoms. The summed E-state index contributed by atoms with van der Waals surface area (Å²) >= 11 is 0. The van der Waals surface area contributed by atoms with Gasteiger partial charge in [-0.2, -0.15) is 0 Å². The number of hydrogen-bond acceptors (Lipinski definition) is 2. The summed E-state index contributed by atoms with van der Waals surface area (Å²) in [4.78, 5) is 2.27. The van der Waals surface area contributed by atoms with Crippen molar-refractivity contribution in [3.63, 3.8) is 0 Å². The number of benzene rings is 5. The quantitative estimate of drug-likeness (QED) is 0.296. The summed E-state index contributed by atoms with van der Waals surface area (Å²) in [5.74, 6) is 0. The van der Waals surface area contributed by atoms with Crippen molar-refractivity contribution in [3.05, 3.63) is 133 Å². The molecular formula is C30H24N2. The summed E-state index contributed by atoms with van der Waals surface area (Å²) in [5, 5.41) is 0. The summed E-state index contributed by atoms with van der Waals surface area (Å²) in [6.07, 6.45) is 0. The lowest BCUT2D eigenvalue weighted by atomic mass is 9.94. The molecule has 0 radical (unpaired) electrons. The second kappa shape index (κ2) is 8.83. The predicted molar refractivity (Wildman–Crippen MR) is 136 cm³/mol. The third-order valence-electron chi connectivity index (χ3n) is 5.61. The fourth-order valence-corrected chi connectivity index (χ4v) is 4.04. The number of rotatable bonds is 5. The van der Waals surface area contributed by atoms with Crippen molar-refractivity contribution >= 4 is 22.7 Å². The van der Waals surface area contributed by atoms with Crippen LogP contribution in [0, 0.1) is 0 Å². The van der Waals surface area contributed by atoms with Crippen LogP contribution in [0.15, 0.2) is 133 Å². The van der Waals surface area contributed by atoms with Crippen molar-refractivity contribution in [1.29, 1.82) is 0 Å². The molecule has 32 heavy (non-hydrogen) atoms. The molecule has 5 aromatic rings. The molecule has 0 aromatic heterocycles. The predicted octanol–water partition coefficient (Wildman–Crippen LogP) is 8.07. The zero-order chi connectivity index (χ0) is 21.8. The summed E-state index contributed by atoms with van der Waals surface area (Å²) in [5.41, 5.74) is 14.8. The van der Waals surface area contributed by atoms with Gasteiger partial charge in [-0.3, -0.25) is 0 Å². The molecule has 0 aliphatic carbocycles. The van der Waals surface area contributed by atoms with E-state index < -0.39 is 0 Å². The fraction of sp³-hybridized carbons (Fsp3) is 0. The van der Waals surface area contributed by atoms with E-state index in [1.807, 2.05) is 24.3 Å². The van der Waals surface area contributed by atoms with Gasteiger partial charge in [0, 0.05) is 22.7 Å². The Morgan fingerprint density at radius 3 is 1.22 bits per heavy atom. The Kier molecular flexibility index (Phi) is 5.42. The maximum absolute atomic E-state index is 5.89. The number of anilines is 4. The van der Waals surface area contributed by atoms with Crippen LogP contribution in [0.25, 0.3) is 22.3 Å². The fourth-order valence-electron chi connectivity index (χ4n) is 4.04. The van der Waals surface area contributed by atoms with E-state index in [1.165, 1.54) is 16.7 Å². The van der Waals surface area contributed by atoms with Gasteiger partial charge in [-0.15, -0.1) is 0 Å². The van der Waals surface area contributed by atoms with Crippen LogP contribution in [0.3, 0.4) is 0 Å². The lowest BCUT2D eigenvalue weighted by Gasteiger charge is -2.25. The highest BCUT2D eigenvalue weighted by Gasteiger charge is 2.13. The van der Waals surface area contributed by atoms with Crippen molar-refractivity contribution in [3.8, 4) is 22.3 Å². The first-order valence-corrected chi connectivity index (χ1v) is 10.8. The highest BCUT2D eigenvalue weighted by molar-refractivity contribution is 5.85. The maximum Gasteiger partial charge on any atom is 0.0462 e. The third kappa shape index (κ3) is 3.99. The first-order chi connectivity index (χ1) is 15.8.